The average Bonchev–Trinajstić information content (AvgIpc) is 3.41. The molecule has 1 atom stereocenters. The van der Waals surface area contributed by atoms with Crippen LogP contribution in [0.1, 0.15) is 36.5 Å². The summed E-state index contributed by atoms with van der Waals surface area (Å²) >= 11 is 1.17. The van der Waals surface area contributed by atoms with Crippen LogP contribution in [-0.2, 0) is 19.1 Å². The zero-order valence-electron chi connectivity index (χ0n) is 15.4. The molecule has 0 unspecified atom stereocenters. The fraction of sp³-hybridized carbons (Fsp3) is 0.350. The molecule has 3 rings (SSSR count). The van der Waals surface area contributed by atoms with Gasteiger partial charge in [0.05, 0.1) is 19.3 Å². The molecular weight excluding hydrogens is 382 g/mol. The largest absolute Gasteiger partial charge is 0.464 e. The van der Waals surface area contributed by atoms with E-state index in [1.165, 1.54) is 17.6 Å². The number of thiophene rings is 1. The van der Waals surface area contributed by atoms with E-state index in [1.54, 1.807) is 24.4 Å². The van der Waals surface area contributed by atoms with Crippen molar-refractivity contribution in [3.63, 3.8) is 0 Å². The van der Waals surface area contributed by atoms with E-state index in [1.807, 2.05) is 12.2 Å². The minimum absolute atomic E-state index is 0.180. The second-order valence-corrected chi connectivity index (χ2v) is 7.11. The number of anilines is 1. The second-order valence-electron chi connectivity index (χ2n) is 6.23. The quantitative estimate of drug-likeness (QED) is 0.528. The zero-order valence-corrected chi connectivity index (χ0v) is 16.3. The molecule has 0 saturated heterocycles. The van der Waals surface area contributed by atoms with Gasteiger partial charge in [-0.15, -0.1) is 11.3 Å². The van der Waals surface area contributed by atoms with Crippen molar-refractivity contribution >= 4 is 34.2 Å². The van der Waals surface area contributed by atoms with Crippen molar-refractivity contribution in [3.8, 4) is 11.3 Å². The number of amides is 1. The lowest BCUT2D eigenvalue weighted by Gasteiger charge is -2.09. The summed E-state index contributed by atoms with van der Waals surface area (Å²) in [7, 11) is 0. The molecular formula is C20H21NO6S. The molecule has 8 heteroatoms. The molecule has 1 aliphatic carbocycles. The van der Waals surface area contributed by atoms with E-state index in [0.29, 0.717) is 16.3 Å². The van der Waals surface area contributed by atoms with Gasteiger partial charge in [-0.3, -0.25) is 9.59 Å². The predicted molar refractivity (Wildman–Crippen MR) is 104 cm³/mol. The molecule has 0 saturated carbocycles. The van der Waals surface area contributed by atoms with Gasteiger partial charge in [-0.2, -0.15) is 0 Å². The number of carbonyl (C=O) groups excluding carboxylic acids is 3. The summed E-state index contributed by atoms with van der Waals surface area (Å²) in [5.41, 5.74) is 0.756. The van der Waals surface area contributed by atoms with Crippen LogP contribution in [0, 0.1) is 5.92 Å². The Kier molecular flexibility index (Phi) is 6.65. The van der Waals surface area contributed by atoms with E-state index in [4.69, 9.17) is 13.9 Å². The predicted octanol–water partition coefficient (Wildman–Crippen LogP) is 4.02. The molecule has 148 valence electrons. The Morgan fingerprint density at radius 1 is 1.32 bits per heavy atom. The lowest BCUT2D eigenvalue weighted by Crippen LogP contribution is -2.22. The number of nitrogens with one attached hydrogen (secondary N) is 1. The first kappa shape index (κ1) is 19.9. The zero-order chi connectivity index (χ0) is 19.9. The highest BCUT2D eigenvalue weighted by Gasteiger charge is 2.24. The molecule has 1 amide bonds. The van der Waals surface area contributed by atoms with Crippen molar-refractivity contribution in [1.29, 1.82) is 0 Å². The van der Waals surface area contributed by atoms with Gasteiger partial charge in [-0.1, -0.05) is 12.2 Å². The highest BCUT2D eigenvalue weighted by atomic mass is 32.1. The normalized spacial score (nSPS) is 15.4. The van der Waals surface area contributed by atoms with Gasteiger partial charge in [0.1, 0.15) is 16.3 Å². The number of allylic oxidation sites excluding steroid dienone is 2. The Morgan fingerprint density at radius 3 is 2.86 bits per heavy atom. The van der Waals surface area contributed by atoms with Crippen LogP contribution in [-0.4, -0.2) is 31.1 Å². The molecule has 0 spiro atoms. The van der Waals surface area contributed by atoms with Crippen LogP contribution < -0.4 is 5.32 Å². The number of rotatable bonds is 8. The van der Waals surface area contributed by atoms with Crippen LogP contribution >= 0.6 is 11.3 Å². The van der Waals surface area contributed by atoms with Crippen molar-refractivity contribution in [3.05, 3.63) is 41.5 Å². The monoisotopic (exact) mass is 403 g/mol. The fourth-order valence-corrected chi connectivity index (χ4v) is 3.87. The third-order valence-corrected chi connectivity index (χ3v) is 5.11. The molecule has 2 aromatic heterocycles. The molecule has 0 aliphatic heterocycles. The summed E-state index contributed by atoms with van der Waals surface area (Å²) in [5, 5.41) is 4.66. The van der Waals surface area contributed by atoms with Gasteiger partial charge in [0, 0.05) is 10.9 Å². The highest BCUT2D eigenvalue weighted by molar-refractivity contribution is 7.15. The van der Waals surface area contributed by atoms with Crippen molar-refractivity contribution in [2.75, 3.05) is 18.5 Å². The maximum absolute atomic E-state index is 12.4. The maximum atomic E-state index is 12.4. The van der Waals surface area contributed by atoms with E-state index in [0.717, 1.165) is 12.8 Å². The molecule has 7 nitrogen and oxygen atoms in total. The highest BCUT2D eigenvalue weighted by Crippen LogP contribution is 2.36. The van der Waals surface area contributed by atoms with E-state index < -0.39 is 24.5 Å². The molecule has 1 aliphatic rings. The summed E-state index contributed by atoms with van der Waals surface area (Å²) in [6, 6.07) is 3.43. The number of hydrogen-bond donors (Lipinski definition) is 1. The fourth-order valence-electron chi connectivity index (χ4n) is 2.92. The summed E-state index contributed by atoms with van der Waals surface area (Å²) in [5.74, 6) is -0.820. The number of furan rings is 1. The molecule has 0 aromatic carbocycles. The van der Waals surface area contributed by atoms with Gasteiger partial charge in [0.25, 0.3) is 5.91 Å². The minimum Gasteiger partial charge on any atom is -0.464 e. The van der Waals surface area contributed by atoms with Crippen LogP contribution in [0.2, 0.25) is 0 Å². The summed E-state index contributed by atoms with van der Waals surface area (Å²) in [6.07, 6.45) is 7.68. The molecule has 0 bridgehead atoms. The Labute approximate surface area is 166 Å². The van der Waals surface area contributed by atoms with Crippen LogP contribution in [0.3, 0.4) is 0 Å². The van der Waals surface area contributed by atoms with E-state index in [-0.39, 0.29) is 24.5 Å². The number of hydrogen-bond acceptors (Lipinski definition) is 7. The molecule has 1 N–H and O–H groups in total. The van der Waals surface area contributed by atoms with Gasteiger partial charge in [0.15, 0.2) is 6.61 Å². The van der Waals surface area contributed by atoms with Gasteiger partial charge < -0.3 is 19.2 Å². The summed E-state index contributed by atoms with van der Waals surface area (Å²) in [4.78, 5) is 36.5. The lowest BCUT2D eigenvalue weighted by atomic mass is 10.1. The van der Waals surface area contributed by atoms with Gasteiger partial charge in [-0.05, 0) is 37.8 Å². The summed E-state index contributed by atoms with van der Waals surface area (Å²) < 4.78 is 15.5. The SMILES string of the molecule is CCOC(=O)c1c(-c2ccco2)csc1NC(=O)COC(=O)C[C@@H]1C=CCC1. The van der Waals surface area contributed by atoms with Crippen LogP contribution in [0.5, 0.6) is 0 Å². The third-order valence-electron chi connectivity index (χ3n) is 4.22. The first-order valence-electron chi connectivity index (χ1n) is 9.03. The minimum atomic E-state index is -0.560. The van der Waals surface area contributed by atoms with Gasteiger partial charge in [0.2, 0.25) is 0 Å². The van der Waals surface area contributed by atoms with Crippen LogP contribution in [0.15, 0.2) is 40.3 Å². The molecule has 2 heterocycles. The smallest absolute Gasteiger partial charge is 0.341 e. The Bertz CT molecular complexity index is 867. The van der Waals surface area contributed by atoms with Crippen molar-refractivity contribution < 1.29 is 28.3 Å². The average molecular weight is 403 g/mol. The van der Waals surface area contributed by atoms with E-state index >= 15 is 0 Å². The first-order valence-corrected chi connectivity index (χ1v) is 9.91. The van der Waals surface area contributed by atoms with Crippen LogP contribution in [0.4, 0.5) is 5.00 Å². The summed E-state index contributed by atoms with van der Waals surface area (Å²) in [6.45, 7) is 1.49. The van der Waals surface area contributed by atoms with Gasteiger partial charge >= 0.3 is 11.9 Å². The van der Waals surface area contributed by atoms with Crippen molar-refractivity contribution in [2.24, 2.45) is 5.92 Å². The number of esters is 2. The van der Waals surface area contributed by atoms with Crippen molar-refractivity contribution in [2.45, 2.75) is 26.2 Å². The topological polar surface area (TPSA) is 94.8 Å². The van der Waals surface area contributed by atoms with Crippen molar-refractivity contribution in [1.82, 2.24) is 0 Å². The Balaban J connectivity index is 1.64. The maximum Gasteiger partial charge on any atom is 0.341 e. The number of ether oxygens (including phenoxy) is 2. The number of carbonyl (C=O) groups is 3. The standard InChI is InChI=1S/C20H21NO6S/c1-2-25-20(24)18-14(15-8-5-9-26-15)12-28-19(18)21-16(22)11-27-17(23)10-13-6-3-4-7-13/h3,5-6,8-9,12-13H,2,4,7,10-11H2,1H3,(H,21,22)/t13-/m1/s1. The second kappa shape index (κ2) is 9.36. The Hall–Kier alpha value is -2.87. The van der Waals surface area contributed by atoms with E-state index in [2.05, 4.69) is 5.32 Å². The van der Waals surface area contributed by atoms with E-state index in [9.17, 15) is 14.4 Å². The molecule has 0 radical (unpaired) electrons. The molecule has 28 heavy (non-hydrogen) atoms. The molecule has 0 fully saturated rings. The van der Waals surface area contributed by atoms with Gasteiger partial charge in [-0.25, -0.2) is 4.79 Å². The lowest BCUT2D eigenvalue weighted by molar-refractivity contribution is -0.147. The third kappa shape index (κ3) is 4.89. The van der Waals surface area contributed by atoms with Crippen LogP contribution in [0.25, 0.3) is 11.3 Å². The first-order chi connectivity index (χ1) is 13.6. The molecule has 2 aromatic rings. The Morgan fingerprint density at radius 2 is 2.18 bits per heavy atom.